The number of carbonyl (C=O) groups is 2. The lowest BCUT2D eigenvalue weighted by Gasteiger charge is -2.30. The molecule has 1 aliphatic heterocycles. The van der Waals surface area contributed by atoms with Crippen molar-refractivity contribution < 1.29 is 9.59 Å². The number of nitrogens with one attached hydrogen (secondary N) is 1. The van der Waals surface area contributed by atoms with Gasteiger partial charge in [0, 0.05) is 24.6 Å². The predicted molar refractivity (Wildman–Crippen MR) is 78.7 cm³/mol. The molecular formula is C15H18N4O2. The van der Waals surface area contributed by atoms with Crippen LogP contribution in [-0.4, -0.2) is 39.8 Å². The second-order valence-electron chi connectivity index (χ2n) is 5.52. The third-order valence-corrected chi connectivity index (χ3v) is 4.03. The lowest BCUT2D eigenvalue weighted by molar-refractivity contribution is -0.123. The molecule has 1 aliphatic rings. The Labute approximate surface area is 122 Å². The number of fused-ring (bicyclic) bond motifs is 1. The molecule has 3 N–H and O–H groups in total. The summed E-state index contributed by atoms with van der Waals surface area (Å²) in [4.78, 5) is 32.9. The Balaban J connectivity index is 1.76. The van der Waals surface area contributed by atoms with Gasteiger partial charge in [-0.2, -0.15) is 0 Å². The first-order valence-corrected chi connectivity index (χ1v) is 7.09. The maximum absolute atomic E-state index is 12.5. The molecule has 0 saturated carbocycles. The van der Waals surface area contributed by atoms with Gasteiger partial charge in [-0.1, -0.05) is 0 Å². The highest BCUT2D eigenvalue weighted by Gasteiger charge is 2.26. The van der Waals surface area contributed by atoms with Crippen LogP contribution >= 0.6 is 0 Å². The molecule has 2 heterocycles. The number of H-pyrrole nitrogens is 1. The first-order chi connectivity index (χ1) is 10.0. The summed E-state index contributed by atoms with van der Waals surface area (Å²) in [5.41, 5.74) is 7.68. The number of primary amides is 1. The number of aryl methyl sites for hydroxylation is 1. The zero-order valence-corrected chi connectivity index (χ0v) is 11.9. The number of hydrogen-bond acceptors (Lipinski definition) is 3. The summed E-state index contributed by atoms with van der Waals surface area (Å²) in [5.74, 6) is 0.451. The van der Waals surface area contributed by atoms with Crippen molar-refractivity contribution in [2.24, 2.45) is 11.7 Å². The maximum atomic E-state index is 12.5. The molecule has 21 heavy (non-hydrogen) atoms. The van der Waals surface area contributed by atoms with Gasteiger partial charge in [0.05, 0.1) is 11.0 Å². The Kier molecular flexibility index (Phi) is 3.37. The normalized spacial score (nSPS) is 16.3. The number of aromatic nitrogens is 2. The standard InChI is InChI=1S/C15H18N4O2/c1-9-17-12-3-2-11(8-13(12)18-9)15(21)19-6-4-10(5-7-19)14(16)20/h2-3,8,10H,4-7H2,1H3,(H2,16,20)(H,17,18). The number of nitrogens with zero attached hydrogens (tertiary/aromatic N) is 2. The van der Waals surface area contributed by atoms with Gasteiger partial charge in [-0.25, -0.2) is 4.98 Å². The van der Waals surface area contributed by atoms with Crippen LogP contribution in [0.2, 0.25) is 0 Å². The van der Waals surface area contributed by atoms with Crippen LogP contribution in [-0.2, 0) is 4.79 Å². The maximum Gasteiger partial charge on any atom is 0.253 e. The topological polar surface area (TPSA) is 92.1 Å². The molecule has 110 valence electrons. The summed E-state index contributed by atoms with van der Waals surface area (Å²) in [6.45, 7) is 3.04. The number of imidazole rings is 1. The van der Waals surface area contributed by atoms with Crippen LogP contribution in [0.4, 0.5) is 0 Å². The van der Waals surface area contributed by atoms with Gasteiger partial charge in [0.1, 0.15) is 5.82 Å². The summed E-state index contributed by atoms with van der Waals surface area (Å²) >= 11 is 0. The Hall–Kier alpha value is -2.37. The summed E-state index contributed by atoms with van der Waals surface area (Å²) in [7, 11) is 0. The molecule has 1 aromatic carbocycles. The number of hydrogen-bond donors (Lipinski definition) is 2. The first-order valence-electron chi connectivity index (χ1n) is 7.09. The zero-order chi connectivity index (χ0) is 15.0. The fourth-order valence-electron chi connectivity index (χ4n) is 2.82. The number of carbonyl (C=O) groups excluding carboxylic acids is 2. The van der Waals surface area contributed by atoms with Crippen molar-refractivity contribution in [3.8, 4) is 0 Å². The monoisotopic (exact) mass is 286 g/mol. The van der Waals surface area contributed by atoms with E-state index >= 15 is 0 Å². The van der Waals surface area contributed by atoms with Crippen molar-refractivity contribution in [2.45, 2.75) is 19.8 Å². The molecule has 2 aromatic rings. The van der Waals surface area contributed by atoms with Gasteiger partial charge in [0.25, 0.3) is 5.91 Å². The highest BCUT2D eigenvalue weighted by Crippen LogP contribution is 2.20. The molecule has 0 radical (unpaired) electrons. The quantitative estimate of drug-likeness (QED) is 0.869. The second-order valence-corrected chi connectivity index (χ2v) is 5.52. The van der Waals surface area contributed by atoms with Gasteiger partial charge in [0.2, 0.25) is 5.91 Å². The smallest absolute Gasteiger partial charge is 0.253 e. The predicted octanol–water partition coefficient (Wildman–Crippen LogP) is 1.21. The number of aromatic amines is 1. The number of nitrogens with two attached hydrogens (primary N) is 1. The Bertz CT molecular complexity index is 699. The molecule has 3 rings (SSSR count). The van der Waals surface area contributed by atoms with Crippen LogP contribution in [0.1, 0.15) is 29.0 Å². The molecule has 0 unspecified atom stereocenters. The van der Waals surface area contributed by atoms with E-state index in [1.54, 1.807) is 11.0 Å². The van der Waals surface area contributed by atoms with Crippen LogP contribution in [0.15, 0.2) is 18.2 Å². The molecule has 0 aliphatic carbocycles. The van der Waals surface area contributed by atoms with Crippen molar-refractivity contribution in [3.63, 3.8) is 0 Å². The molecule has 6 nitrogen and oxygen atoms in total. The van der Waals surface area contributed by atoms with E-state index in [0.717, 1.165) is 16.9 Å². The third-order valence-electron chi connectivity index (χ3n) is 4.03. The third kappa shape index (κ3) is 2.61. The number of likely N-dealkylation sites (tertiary alicyclic amines) is 1. The van der Waals surface area contributed by atoms with E-state index in [1.807, 2.05) is 19.1 Å². The van der Waals surface area contributed by atoms with Crippen LogP contribution < -0.4 is 5.73 Å². The van der Waals surface area contributed by atoms with Crippen molar-refractivity contribution in [1.29, 1.82) is 0 Å². The van der Waals surface area contributed by atoms with Gasteiger partial charge < -0.3 is 15.6 Å². The second kappa shape index (κ2) is 5.20. The van der Waals surface area contributed by atoms with E-state index in [1.165, 1.54) is 0 Å². The van der Waals surface area contributed by atoms with Crippen LogP contribution in [0.25, 0.3) is 11.0 Å². The van der Waals surface area contributed by atoms with Crippen molar-refractivity contribution in [1.82, 2.24) is 14.9 Å². The van der Waals surface area contributed by atoms with Gasteiger partial charge in [-0.05, 0) is 38.0 Å². The molecule has 0 bridgehead atoms. The zero-order valence-electron chi connectivity index (χ0n) is 11.9. The number of piperidine rings is 1. The number of rotatable bonds is 2. The SMILES string of the molecule is Cc1nc2ccc(C(=O)N3CCC(C(N)=O)CC3)cc2[nH]1. The van der Waals surface area contributed by atoms with Gasteiger partial charge in [-0.15, -0.1) is 0 Å². The van der Waals surface area contributed by atoms with Gasteiger partial charge in [-0.3, -0.25) is 9.59 Å². The van der Waals surface area contributed by atoms with Crippen LogP contribution in [0.5, 0.6) is 0 Å². The molecule has 1 saturated heterocycles. The highest BCUT2D eigenvalue weighted by atomic mass is 16.2. The summed E-state index contributed by atoms with van der Waals surface area (Å²) < 4.78 is 0. The molecule has 1 fully saturated rings. The molecule has 0 atom stereocenters. The molecule has 6 heteroatoms. The fraction of sp³-hybridized carbons (Fsp3) is 0.400. The summed E-state index contributed by atoms with van der Waals surface area (Å²) in [6.07, 6.45) is 1.29. The lowest BCUT2D eigenvalue weighted by atomic mass is 9.96. The minimum Gasteiger partial charge on any atom is -0.369 e. The molecule has 1 aromatic heterocycles. The minimum absolute atomic E-state index is 0.00734. The fourth-order valence-corrected chi connectivity index (χ4v) is 2.82. The van der Waals surface area contributed by atoms with E-state index in [4.69, 9.17) is 5.73 Å². The molecular weight excluding hydrogens is 268 g/mol. The summed E-state index contributed by atoms with van der Waals surface area (Å²) in [6, 6.07) is 5.48. The Morgan fingerprint density at radius 2 is 2.05 bits per heavy atom. The van der Waals surface area contributed by atoms with E-state index in [-0.39, 0.29) is 17.7 Å². The Morgan fingerprint density at radius 3 is 2.71 bits per heavy atom. The average Bonchev–Trinajstić information content (AvgIpc) is 2.85. The minimum atomic E-state index is -0.267. The first kappa shape index (κ1) is 13.6. The van der Waals surface area contributed by atoms with E-state index < -0.39 is 0 Å². The van der Waals surface area contributed by atoms with E-state index in [0.29, 0.717) is 31.5 Å². The molecule has 0 spiro atoms. The van der Waals surface area contributed by atoms with Gasteiger partial charge >= 0.3 is 0 Å². The Morgan fingerprint density at radius 1 is 1.33 bits per heavy atom. The van der Waals surface area contributed by atoms with Crippen molar-refractivity contribution >= 4 is 22.8 Å². The van der Waals surface area contributed by atoms with E-state index in [9.17, 15) is 9.59 Å². The van der Waals surface area contributed by atoms with Crippen molar-refractivity contribution in [3.05, 3.63) is 29.6 Å². The summed E-state index contributed by atoms with van der Waals surface area (Å²) in [5, 5.41) is 0. The highest BCUT2D eigenvalue weighted by molar-refractivity contribution is 5.97. The van der Waals surface area contributed by atoms with Crippen LogP contribution in [0.3, 0.4) is 0 Å². The molecule has 2 amide bonds. The lowest BCUT2D eigenvalue weighted by Crippen LogP contribution is -2.41. The van der Waals surface area contributed by atoms with Crippen molar-refractivity contribution in [2.75, 3.05) is 13.1 Å². The number of benzene rings is 1. The van der Waals surface area contributed by atoms with E-state index in [2.05, 4.69) is 9.97 Å². The number of amides is 2. The van der Waals surface area contributed by atoms with Crippen LogP contribution in [0, 0.1) is 12.8 Å². The largest absolute Gasteiger partial charge is 0.369 e. The van der Waals surface area contributed by atoms with Gasteiger partial charge in [0.15, 0.2) is 0 Å². The average molecular weight is 286 g/mol.